The Kier molecular flexibility index (Phi) is 3.21. The van der Waals surface area contributed by atoms with E-state index in [2.05, 4.69) is 80.6 Å². The number of fused-ring (bicyclic) bond motifs is 12. The maximum absolute atomic E-state index is 6.58. The van der Waals surface area contributed by atoms with E-state index in [0.717, 1.165) is 45.9 Å². The van der Waals surface area contributed by atoms with E-state index in [1.54, 1.807) is 0 Å². The summed E-state index contributed by atoms with van der Waals surface area (Å²) in [5, 5.41) is 4.66. The first-order valence-corrected chi connectivity index (χ1v) is 11.2. The smallest absolute Gasteiger partial charge is 0.147 e. The summed E-state index contributed by atoms with van der Waals surface area (Å²) in [5.74, 6) is 0. The first-order chi connectivity index (χ1) is 15.3. The van der Waals surface area contributed by atoms with E-state index in [9.17, 15) is 0 Å². The molecule has 2 aromatic heterocycles. The summed E-state index contributed by atoms with van der Waals surface area (Å²) in [7, 11) is 0. The van der Waals surface area contributed by atoms with Crippen LogP contribution in [-0.4, -0.2) is 0 Å². The molecule has 0 fully saturated rings. The Bertz CT molecular complexity index is 1660. The van der Waals surface area contributed by atoms with Crippen LogP contribution in [0.25, 0.3) is 55.0 Å². The zero-order valence-electron chi connectivity index (χ0n) is 17.7. The maximum atomic E-state index is 6.58. The fraction of sp³-hybridized carbons (Fsp3) is 0.172. The fourth-order valence-corrected chi connectivity index (χ4v) is 6.13. The summed E-state index contributed by atoms with van der Waals surface area (Å²) in [6, 6.07) is 25.7. The second-order valence-corrected chi connectivity index (χ2v) is 8.69. The third-order valence-corrected chi connectivity index (χ3v) is 7.54. The predicted molar refractivity (Wildman–Crippen MR) is 128 cm³/mol. The molecule has 0 saturated heterocycles. The van der Waals surface area contributed by atoms with E-state index in [1.807, 2.05) is 6.07 Å². The number of para-hydroxylation sites is 2. The molecule has 4 aromatic carbocycles. The van der Waals surface area contributed by atoms with Crippen molar-refractivity contribution in [2.75, 3.05) is 0 Å². The largest absolute Gasteiger partial charge is 0.455 e. The van der Waals surface area contributed by atoms with Gasteiger partial charge in [0.05, 0.1) is 5.39 Å². The maximum Gasteiger partial charge on any atom is 0.147 e. The second-order valence-electron chi connectivity index (χ2n) is 8.69. The third-order valence-electron chi connectivity index (χ3n) is 7.54. The lowest BCUT2D eigenvalue weighted by Crippen LogP contribution is -2.23. The quantitative estimate of drug-likeness (QED) is 0.290. The molecular formula is C29H22O2. The van der Waals surface area contributed by atoms with Crippen LogP contribution in [0.15, 0.2) is 81.6 Å². The molecule has 0 unspecified atom stereocenters. The number of rotatable bonds is 2. The molecule has 0 spiro atoms. The second kappa shape index (κ2) is 5.79. The Balaban J connectivity index is 1.87. The van der Waals surface area contributed by atoms with Crippen molar-refractivity contribution in [3.05, 3.63) is 83.9 Å². The molecule has 2 heteroatoms. The van der Waals surface area contributed by atoms with Crippen LogP contribution in [0.4, 0.5) is 0 Å². The number of benzene rings is 4. The Morgan fingerprint density at radius 2 is 1.23 bits per heavy atom. The summed E-state index contributed by atoms with van der Waals surface area (Å²) in [6.45, 7) is 4.62. The predicted octanol–water partition coefficient (Wildman–Crippen LogP) is 8.57. The van der Waals surface area contributed by atoms with Crippen molar-refractivity contribution in [1.29, 1.82) is 0 Å². The molecule has 1 aliphatic rings. The van der Waals surface area contributed by atoms with Crippen molar-refractivity contribution in [3.63, 3.8) is 0 Å². The van der Waals surface area contributed by atoms with Gasteiger partial charge in [0.15, 0.2) is 0 Å². The molecule has 2 heterocycles. The number of hydrogen-bond acceptors (Lipinski definition) is 2. The van der Waals surface area contributed by atoms with Crippen molar-refractivity contribution >= 4 is 43.9 Å². The lowest BCUT2D eigenvalue weighted by atomic mass is 9.72. The summed E-state index contributed by atoms with van der Waals surface area (Å²) < 4.78 is 13.2. The Hall–Kier alpha value is -3.52. The Labute approximate surface area is 180 Å². The lowest BCUT2D eigenvalue weighted by Gasteiger charge is -2.30. The van der Waals surface area contributed by atoms with Crippen molar-refractivity contribution in [2.24, 2.45) is 0 Å². The van der Waals surface area contributed by atoms with Gasteiger partial charge in [0.1, 0.15) is 22.3 Å². The fourth-order valence-electron chi connectivity index (χ4n) is 6.13. The first-order valence-electron chi connectivity index (χ1n) is 11.2. The van der Waals surface area contributed by atoms with Crippen LogP contribution >= 0.6 is 0 Å². The molecule has 150 valence electrons. The molecule has 0 bridgehead atoms. The molecule has 6 aromatic rings. The van der Waals surface area contributed by atoms with Gasteiger partial charge in [-0.2, -0.15) is 0 Å². The highest BCUT2D eigenvalue weighted by Gasteiger charge is 2.44. The van der Waals surface area contributed by atoms with Crippen LogP contribution in [-0.2, 0) is 5.41 Å². The summed E-state index contributed by atoms with van der Waals surface area (Å²) >= 11 is 0. The highest BCUT2D eigenvalue weighted by Crippen LogP contribution is 2.59. The molecule has 2 nitrogen and oxygen atoms in total. The van der Waals surface area contributed by atoms with E-state index in [1.165, 1.54) is 33.0 Å². The van der Waals surface area contributed by atoms with Crippen LogP contribution in [0.5, 0.6) is 0 Å². The van der Waals surface area contributed by atoms with Gasteiger partial charge in [0, 0.05) is 27.1 Å². The van der Waals surface area contributed by atoms with Gasteiger partial charge in [0.2, 0.25) is 0 Å². The van der Waals surface area contributed by atoms with Gasteiger partial charge in [-0.1, -0.05) is 74.5 Å². The zero-order valence-corrected chi connectivity index (χ0v) is 17.7. The third kappa shape index (κ3) is 1.90. The normalized spacial score (nSPS) is 14.6. The standard InChI is InChI=1S/C29H22O2/c1-3-29(4-2)20-14-8-5-11-17(20)23-26(29)24-18-12-6-9-15-21(18)30-28(24)25-19-13-7-10-16-22(19)31-27(23)25/h5-16H,3-4H2,1-2H3. The number of hydrogen-bond donors (Lipinski definition) is 0. The monoisotopic (exact) mass is 402 g/mol. The molecule has 1 aliphatic carbocycles. The van der Waals surface area contributed by atoms with Crippen LogP contribution in [0.3, 0.4) is 0 Å². The van der Waals surface area contributed by atoms with Gasteiger partial charge in [-0.3, -0.25) is 0 Å². The highest BCUT2D eigenvalue weighted by molar-refractivity contribution is 6.28. The van der Waals surface area contributed by atoms with Gasteiger partial charge in [-0.25, -0.2) is 0 Å². The SMILES string of the molecule is CCC1(CC)c2ccccc2-c2c1c1c3ccccc3oc1c1c2oc2ccccc21. The molecule has 0 atom stereocenters. The van der Waals surface area contributed by atoms with Gasteiger partial charge in [-0.15, -0.1) is 0 Å². The minimum Gasteiger partial charge on any atom is -0.455 e. The summed E-state index contributed by atoms with van der Waals surface area (Å²) in [4.78, 5) is 0. The Morgan fingerprint density at radius 1 is 0.645 bits per heavy atom. The molecule has 31 heavy (non-hydrogen) atoms. The van der Waals surface area contributed by atoms with Gasteiger partial charge >= 0.3 is 0 Å². The lowest BCUT2D eigenvalue weighted by molar-refractivity contribution is 0.494. The van der Waals surface area contributed by atoms with E-state index in [-0.39, 0.29) is 5.41 Å². The first kappa shape index (κ1) is 17.2. The number of furan rings is 2. The average Bonchev–Trinajstić information content (AvgIpc) is 3.47. The summed E-state index contributed by atoms with van der Waals surface area (Å²) in [6.07, 6.45) is 2.07. The van der Waals surface area contributed by atoms with Crippen LogP contribution in [0, 0.1) is 0 Å². The van der Waals surface area contributed by atoms with Crippen LogP contribution < -0.4 is 0 Å². The van der Waals surface area contributed by atoms with Crippen molar-refractivity contribution in [1.82, 2.24) is 0 Å². The Morgan fingerprint density at radius 3 is 1.94 bits per heavy atom. The molecular weight excluding hydrogens is 380 g/mol. The van der Waals surface area contributed by atoms with E-state index >= 15 is 0 Å². The van der Waals surface area contributed by atoms with Crippen molar-refractivity contribution in [3.8, 4) is 11.1 Å². The van der Waals surface area contributed by atoms with Crippen LogP contribution in [0.2, 0.25) is 0 Å². The topological polar surface area (TPSA) is 26.3 Å². The molecule has 0 radical (unpaired) electrons. The van der Waals surface area contributed by atoms with Gasteiger partial charge < -0.3 is 8.83 Å². The van der Waals surface area contributed by atoms with Crippen LogP contribution in [0.1, 0.15) is 37.8 Å². The van der Waals surface area contributed by atoms with E-state index < -0.39 is 0 Å². The van der Waals surface area contributed by atoms with E-state index in [4.69, 9.17) is 8.83 Å². The summed E-state index contributed by atoms with van der Waals surface area (Å²) in [5.41, 5.74) is 9.06. The highest BCUT2D eigenvalue weighted by atomic mass is 16.3. The minimum atomic E-state index is -0.0516. The molecule has 0 saturated carbocycles. The van der Waals surface area contributed by atoms with Gasteiger partial charge in [0.25, 0.3) is 0 Å². The average molecular weight is 402 g/mol. The molecule has 0 N–H and O–H groups in total. The zero-order chi connectivity index (χ0) is 20.7. The van der Waals surface area contributed by atoms with E-state index in [0.29, 0.717) is 0 Å². The van der Waals surface area contributed by atoms with Gasteiger partial charge in [-0.05, 0) is 41.7 Å². The van der Waals surface area contributed by atoms with Crippen molar-refractivity contribution < 1.29 is 8.83 Å². The molecule has 0 amide bonds. The molecule has 0 aliphatic heterocycles. The van der Waals surface area contributed by atoms with Crippen molar-refractivity contribution in [2.45, 2.75) is 32.1 Å². The minimum absolute atomic E-state index is 0.0516. The molecule has 7 rings (SSSR count).